The average molecular weight is 418 g/mol. The first-order valence-corrected chi connectivity index (χ1v) is 11.1. The van der Waals surface area contributed by atoms with Gasteiger partial charge in [-0.3, -0.25) is 9.10 Å². The van der Waals surface area contributed by atoms with Gasteiger partial charge in [-0.15, -0.1) is 0 Å². The van der Waals surface area contributed by atoms with Gasteiger partial charge in [0.05, 0.1) is 11.9 Å². The molecule has 0 aliphatic carbocycles. The molecule has 0 bridgehead atoms. The van der Waals surface area contributed by atoms with Crippen LogP contribution in [0, 0.1) is 6.92 Å². The van der Waals surface area contributed by atoms with Gasteiger partial charge < -0.3 is 19.5 Å². The predicted molar refractivity (Wildman–Crippen MR) is 108 cm³/mol. The molecule has 0 aromatic heterocycles. The van der Waals surface area contributed by atoms with E-state index in [0.29, 0.717) is 41.8 Å². The maximum atomic E-state index is 12.8. The Labute approximate surface area is 169 Å². The van der Waals surface area contributed by atoms with Crippen LogP contribution in [-0.2, 0) is 14.8 Å². The van der Waals surface area contributed by atoms with E-state index in [9.17, 15) is 13.2 Å². The molecule has 0 radical (unpaired) electrons. The number of hydrogen-bond acceptors (Lipinski definition) is 6. The van der Waals surface area contributed by atoms with Crippen molar-refractivity contribution in [2.45, 2.75) is 19.4 Å². The summed E-state index contributed by atoms with van der Waals surface area (Å²) in [5.74, 6) is 1.21. The largest absolute Gasteiger partial charge is 0.486 e. The molecule has 0 spiro atoms. The highest BCUT2D eigenvalue weighted by molar-refractivity contribution is 7.92. The lowest BCUT2D eigenvalue weighted by atomic mass is 10.2. The number of carbonyl (C=O) groups is 1. The van der Waals surface area contributed by atoms with Crippen molar-refractivity contribution in [2.75, 3.05) is 35.6 Å². The summed E-state index contributed by atoms with van der Waals surface area (Å²) in [6.07, 6.45) is 0.530. The van der Waals surface area contributed by atoms with Crippen molar-refractivity contribution in [3.05, 3.63) is 42.0 Å². The summed E-state index contributed by atoms with van der Waals surface area (Å²) in [6, 6.07) is 10.4. The van der Waals surface area contributed by atoms with Gasteiger partial charge in [0.25, 0.3) is 5.91 Å². The van der Waals surface area contributed by atoms with Crippen molar-refractivity contribution < 1.29 is 27.4 Å². The minimum absolute atomic E-state index is 0.147. The van der Waals surface area contributed by atoms with Crippen molar-refractivity contribution >= 4 is 27.3 Å². The standard InChI is InChI=1S/C20H22N2O6S/c1-13-3-5-16-15(11-13)22(29(2,24)25)8-7-18(28-16)20(23)21-14-4-6-17-19(12-14)27-10-9-26-17/h3-6,11-12,18H,7-10H2,1-2H3,(H,21,23)/t18-/m1/s1. The highest BCUT2D eigenvalue weighted by Crippen LogP contribution is 2.36. The lowest BCUT2D eigenvalue weighted by Crippen LogP contribution is -2.36. The number of rotatable bonds is 3. The molecule has 0 fully saturated rings. The maximum absolute atomic E-state index is 12.8. The van der Waals surface area contributed by atoms with Crippen molar-refractivity contribution in [1.82, 2.24) is 0 Å². The van der Waals surface area contributed by atoms with Gasteiger partial charge in [0.15, 0.2) is 17.6 Å². The second kappa shape index (κ2) is 7.47. The molecule has 2 aromatic rings. The van der Waals surface area contributed by atoms with Crippen LogP contribution in [0.1, 0.15) is 12.0 Å². The number of benzene rings is 2. The van der Waals surface area contributed by atoms with E-state index in [1.54, 1.807) is 30.3 Å². The van der Waals surface area contributed by atoms with E-state index in [1.807, 2.05) is 13.0 Å². The first-order chi connectivity index (χ1) is 13.8. The van der Waals surface area contributed by atoms with Crippen molar-refractivity contribution in [1.29, 1.82) is 0 Å². The molecule has 1 atom stereocenters. The Morgan fingerprint density at radius 2 is 1.79 bits per heavy atom. The third-order valence-electron chi connectivity index (χ3n) is 4.75. The second-order valence-electron chi connectivity index (χ2n) is 7.05. The molecule has 8 nitrogen and oxygen atoms in total. The Morgan fingerprint density at radius 1 is 1.07 bits per heavy atom. The van der Waals surface area contributed by atoms with Crippen LogP contribution in [0.3, 0.4) is 0 Å². The SMILES string of the molecule is Cc1ccc2c(c1)N(S(C)(=O)=O)CC[C@H](C(=O)Nc1ccc3c(c1)OCCO3)O2. The van der Waals surface area contributed by atoms with Crippen LogP contribution in [0.25, 0.3) is 0 Å². The fraction of sp³-hybridized carbons (Fsp3) is 0.350. The number of anilines is 2. The fourth-order valence-electron chi connectivity index (χ4n) is 3.36. The summed E-state index contributed by atoms with van der Waals surface area (Å²) >= 11 is 0. The van der Waals surface area contributed by atoms with Crippen LogP contribution in [0.4, 0.5) is 11.4 Å². The van der Waals surface area contributed by atoms with E-state index >= 15 is 0 Å². The molecule has 0 unspecified atom stereocenters. The average Bonchev–Trinajstić information content (AvgIpc) is 2.87. The van der Waals surface area contributed by atoms with Crippen LogP contribution in [0.5, 0.6) is 17.2 Å². The van der Waals surface area contributed by atoms with Crippen molar-refractivity contribution in [3.8, 4) is 17.2 Å². The molecular weight excluding hydrogens is 396 g/mol. The number of ether oxygens (including phenoxy) is 3. The number of nitrogens with zero attached hydrogens (tertiary/aromatic N) is 1. The molecule has 9 heteroatoms. The molecule has 0 saturated heterocycles. The number of sulfonamides is 1. The third-order valence-corrected chi connectivity index (χ3v) is 5.93. The van der Waals surface area contributed by atoms with Gasteiger partial charge in [0, 0.05) is 24.7 Å². The molecule has 0 saturated carbocycles. The molecule has 1 amide bonds. The minimum atomic E-state index is -3.51. The van der Waals surface area contributed by atoms with Gasteiger partial charge in [-0.05, 0) is 36.8 Å². The maximum Gasteiger partial charge on any atom is 0.265 e. The van der Waals surface area contributed by atoms with Crippen LogP contribution in [0.15, 0.2) is 36.4 Å². The molecule has 2 aliphatic heterocycles. The van der Waals surface area contributed by atoms with Crippen molar-refractivity contribution in [2.24, 2.45) is 0 Å². The van der Waals surface area contributed by atoms with E-state index in [2.05, 4.69) is 5.32 Å². The van der Waals surface area contributed by atoms with Crippen LogP contribution in [0.2, 0.25) is 0 Å². The molecule has 2 aromatic carbocycles. The van der Waals surface area contributed by atoms with Gasteiger partial charge in [0.2, 0.25) is 10.0 Å². The molecule has 2 aliphatic rings. The van der Waals surface area contributed by atoms with E-state index < -0.39 is 16.1 Å². The van der Waals surface area contributed by atoms with Crippen LogP contribution in [-0.4, -0.2) is 46.4 Å². The highest BCUT2D eigenvalue weighted by Gasteiger charge is 2.31. The topological polar surface area (TPSA) is 94.2 Å². The smallest absolute Gasteiger partial charge is 0.265 e. The number of carbonyl (C=O) groups excluding carboxylic acids is 1. The summed E-state index contributed by atoms with van der Waals surface area (Å²) in [4.78, 5) is 12.8. The zero-order chi connectivity index (χ0) is 20.6. The molecule has 4 rings (SSSR count). The zero-order valence-electron chi connectivity index (χ0n) is 16.2. The van der Waals surface area contributed by atoms with Gasteiger partial charge in [0.1, 0.15) is 19.0 Å². The number of aryl methyl sites for hydroxylation is 1. The van der Waals surface area contributed by atoms with Crippen LogP contribution < -0.4 is 23.8 Å². The molecule has 29 heavy (non-hydrogen) atoms. The number of hydrogen-bond donors (Lipinski definition) is 1. The fourth-order valence-corrected chi connectivity index (χ4v) is 4.30. The van der Waals surface area contributed by atoms with E-state index in [0.717, 1.165) is 11.8 Å². The Bertz CT molecular complexity index is 1050. The normalized spacial score (nSPS) is 18.3. The van der Waals surface area contributed by atoms with E-state index in [-0.39, 0.29) is 18.9 Å². The second-order valence-corrected chi connectivity index (χ2v) is 8.96. The van der Waals surface area contributed by atoms with E-state index in [1.165, 1.54) is 4.31 Å². The van der Waals surface area contributed by atoms with Gasteiger partial charge in [-0.2, -0.15) is 0 Å². The van der Waals surface area contributed by atoms with Gasteiger partial charge in [-0.25, -0.2) is 8.42 Å². The summed E-state index contributed by atoms with van der Waals surface area (Å²) in [7, 11) is -3.51. The monoisotopic (exact) mass is 418 g/mol. The Balaban J connectivity index is 1.56. The summed E-state index contributed by atoms with van der Waals surface area (Å²) in [5.41, 5.74) is 1.90. The number of amides is 1. The molecular formula is C20H22N2O6S. The minimum Gasteiger partial charge on any atom is -0.486 e. The number of nitrogens with one attached hydrogen (secondary N) is 1. The van der Waals surface area contributed by atoms with E-state index in [4.69, 9.17) is 14.2 Å². The first kappa shape index (κ1) is 19.4. The molecule has 1 N–H and O–H groups in total. The Morgan fingerprint density at radius 3 is 2.55 bits per heavy atom. The highest BCUT2D eigenvalue weighted by atomic mass is 32.2. The van der Waals surface area contributed by atoms with Gasteiger partial charge in [-0.1, -0.05) is 6.07 Å². The number of fused-ring (bicyclic) bond motifs is 2. The molecule has 154 valence electrons. The Hall–Kier alpha value is -2.94. The Kier molecular flexibility index (Phi) is 4.99. The summed E-state index contributed by atoms with van der Waals surface area (Å²) in [5, 5.41) is 2.82. The lowest BCUT2D eigenvalue weighted by molar-refractivity contribution is -0.122. The van der Waals surface area contributed by atoms with Crippen LogP contribution >= 0.6 is 0 Å². The van der Waals surface area contributed by atoms with Gasteiger partial charge >= 0.3 is 0 Å². The molecule has 2 heterocycles. The van der Waals surface area contributed by atoms with Crippen molar-refractivity contribution in [3.63, 3.8) is 0 Å². The summed E-state index contributed by atoms with van der Waals surface area (Å²) < 4.78 is 42.7. The zero-order valence-corrected chi connectivity index (χ0v) is 17.0. The predicted octanol–water partition coefficient (Wildman–Crippen LogP) is 2.32. The summed E-state index contributed by atoms with van der Waals surface area (Å²) in [6.45, 7) is 2.96. The third kappa shape index (κ3) is 4.09. The lowest BCUT2D eigenvalue weighted by Gasteiger charge is -2.21. The quantitative estimate of drug-likeness (QED) is 0.822. The first-order valence-electron chi connectivity index (χ1n) is 9.27.